The molecule has 0 aliphatic carbocycles. The van der Waals surface area contributed by atoms with Gasteiger partial charge in [-0.2, -0.15) is 0 Å². The van der Waals surface area contributed by atoms with Crippen molar-refractivity contribution in [1.82, 2.24) is 25.1 Å². The Bertz CT molecular complexity index is 883. The quantitative estimate of drug-likeness (QED) is 0.710. The second-order valence-electron chi connectivity index (χ2n) is 5.43. The van der Waals surface area contributed by atoms with Crippen LogP contribution in [0.4, 0.5) is 4.39 Å². The Balaban J connectivity index is 1.76. The predicted molar refractivity (Wildman–Crippen MR) is 87.9 cm³/mol. The van der Waals surface area contributed by atoms with Gasteiger partial charge in [-0.3, -0.25) is 4.79 Å². The van der Waals surface area contributed by atoms with Gasteiger partial charge in [-0.05, 0) is 46.3 Å². The lowest BCUT2D eigenvalue weighted by molar-refractivity contribution is 0.0785. The number of ether oxygens (including phenoxy) is 1. The fraction of sp³-hybridized carbons (Fsp3) is 0.176. The molecule has 0 spiro atoms. The molecule has 0 saturated heterocycles. The van der Waals surface area contributed by atoms with Crippen LogP contribution in [0.1, 0.15) is 15.9 Å². The Morgan fingerprint density at radius 2 is 2.12 bits per heavy atom. The molecule has 0 atom stereocenters. The molecule has 128 valence electrons. The first kappa shape index (κ1) is 16.6. The van der Waals surface area contributed by atoms with Crippen LogP contribution >= 0.6 is 0 Å². The van der Waals surface area contributed by atoms with E-state index in [-0.39, 0.29) is 18.2 Å². The highest BCUT2D eigenvalue weighted by molar-refractivity contribution is 5.94. The molecule has 0 aliphatic heterocycles. The van der Waals surface area contributed by atoms with Crippen LogP contribution in [-0.2, 0) is 6.54 Å². The summed E-state index contributed by atoms with van der Waals surface area (Å²) < 4.78 is 20.1. The lowest BCUT2D eigenvalue weighted by atomic mass is 10.1. The number of carbonyl (C=O) groups excluding carboxylic acids is 1. The molecular formula is C17H16FN5O2. The van der Waals surface area contributed by atoms with Gasteiger partial charge in [0.25, 0.3) is 5.91 Å². The molecule has 8 heteroatoms. The van der Waals surface area contributed by atoms with Crippen molar-refractivity contribution in [3.63, 3.8) is 0 Å². The van der Waals surface area contributed by atoms with Crippen LogP contribution in [0.2, 0.25) is 0 Å². The van der Waals surface area contributed by atoms with Gasteiger partial charge in [-0.25, -0.2) is 9.07 Å². The highest BCUT2D eigenvalue weighted by atomic mass is 19.1. The molecule has 3 aromatic rings. The first-order valence-corrected chi connectivity index (χ1v) is 7.50. The maximum atomic E-state index is 13.8. The van der Waals surface area contributed by atoms with Crippen LogP contribution in [0.3, 0.4) is 0 Å². The number of tetrazole rings is 1. The minimum Gasteiger partial charge on any atom is -0.494 e. The zero-order chi connectivity index (χ0) is 17.8. The number of aromatic nitrogens is 4. The standard InChI is InChI=1S/C17H16FN5O2/c1-22(10-12-6-7-16(25-2)15(18)8-12)17(24)13-4-3-5-14(9-13)23-11-19-20-21-23/h3-9,11H,10H2,1-2H3. The van der Waals surface area contributed by atoms with E-state index in [4.69, 9.17) is 4.74 Å². The van der Waals surface area contributed by atoms with Crippen molar-refractivity contribution >= 4 is 5.91 Å². The van der Waals surface area contributed by atoms with Gasteiger partial charge in [-0.1, -0.05) is 12.1 Å². The smallest absolute Gasteiger partial charge is 0.253 e. The normalized spacial score (nSPS) is 10.5. The fourth-order valence-electron chi connectivity index (χ4n) is 2.44. The summed E-state index contributed by atoms with van der Waals surface area (Å²) in [4.78, 5) is 14.1. The molecule has 0 bridgehead atoms. The largest absolute Gasteiger partial charge is 0.494 e. The third kappa shape index (κ3) is 3.63. The van der Waals surface area contributed by atoms with E-state index in [0.29, 0.717) is 16.8 Å². The summed E-state index contributed by atoms with van der Waals surface area (Å²) in [5.41, 5.74) is 1.84. The number of methoxy groups -OCH3 is 1. The van der Waals surface area contributed by atoms with Crippen molar-refractivity contribution in [3.05, 3.63) is 65.7 Å². The van der Waals surface area contributed by atoms with E-state index in [1.54, 1.807) is 43.4 Å². The van der Waals surface area contributed by atoms with Crippen LogP contribution in [0.25, 0.3) is 5.69 Å². The molecule has 0 aliphatic rings. The first-order chi connectivity index (χ1) is 12.1. The summed E-state index contributed by atoms with van der Waals surface area (Å²) in [5.74, 6) is -0.473. The van der Waals surface area contributed by atoms with Gasteiger partial charge in [0, 0.05) is 19.2 Å². The maximum absolute atomic E-state index is 13.8. The van der Waals surface area contributed by atoms with Crippen molar-refractivity contribution in [2.45, 2.75) is 6.54 Å². The van der Waals surface area contributed by atoms with Crippen LogP contribution in [0.5, 0.6) is 5.75 Å². The number of halogens is 1. The average molecular weight is 341 g/mol. The van der Waals surface area contributed by atoms with E-state index in [2.05, 4.69) is 15.5 Å². The number of hydrogen-bond donors (Lipinski definition) is 0. The number of benzene rings is 2. The molecule has 7 nitrogen and oxygen atoms in total. The minimum absolute atomic E-state index is 0.173. The monoisotopic (exact) mass is 341 g/mol. The summed E-state index contributed by atoms with van der Waals surface area (Å²) in [6, 6.07) is 11.6. The Hall–Kier alpha value is -3.29. The van der Waals surface area contributed by atoms with Gasteiger partial charge >= 0.3 is 0 Å². The van der Waals surface area contributed by atoms with Crippen molar-refractivity contribution in [3.8, 4) is 11.4 Å². The average Bonchev–Trinajstić information content (AvgIpc) is 3.16. The highest BCUT2D eigenvalue weighted by Crippen LogP contribution is 2.19. The number of amides is 1. The summed E-state index contributed by atoms with van der Waals surface area (Å²) in [6.07, 6.45) is 1.45. The Morgan fingerprint density at radius 3 is 2.80 bits per heavy atom. The van der Waals surface area contributed by atoms with Crippen LogP contribution < -0.4 is 4.74 Å². The lowest BCUT2D eigenvalue weighted by Crippen LogP contribution is -2.26. The first-order valence-electron chi connectivity index (χ1n) is 7.50. The fourth-order valence-corrected chi connectivity index (χ4v) is 2.44. The minimum atomic E-state index is -0.457. The van der Waals surface area contributed by atoms with E-state index < -0.39 is 5.82 Å². The molecule has 1 aromatic heterocycles. The molecule has 0 N–H and O–H groups in total. The second kappa shape index (κ2) is 7.08. The lowest BCUT2D eigenvalue weighted by Gasteiger charge is -2.18. The molecule has 0 radical (unpaired) electrons. The summed E-state index contributed by atoms with van der Waals surface area (Å²) in [5, 5.41) is 11.0. The third-order valence-corrected chi connectivity index (χ3v) is 3.69. The Kier molecular flexibility index (Phi) is 4.69. The molecule has 2 aromatic carbocycles. The highest BCUT2D eigenvalue weighted by Gasteiger charge is 2.14. The molecule has 1 amide bonds. The van der Waals surface area contributed by atoms with Crippen molar-refractivity contribution in [2.24, 2.45) is 0 Å². The Labute approximate surface area is 143 Å². The van der Waals surface area contributed by atoms with Gasteiger partial charge in [0.1, 0.15) is 6.33 Å². The van der Waals surface area contributed by atoms with Gasteiger partial charge < -0.3 is 9.64 Å². The summed E-state index contributed by atoms with van der Waals surface area (Å²) in [7, 11) is 3.07. The molecule has 1 heterocycles. The van der Waals surface area contributed by atoms with Crippen molar-refractivity contribution in [1.29, 1.82) is 0 Å². The SMILES string of the molecule is COc1ccc(CN(C)C(=O)c2cccc(-n3cnnn3)c2)cc1F. The van der Waals surface area contributed by atoms with Crippen molar-refractivity contribution < 1.29 is 13.9 Å². The third-order valence-electron chi connectivity index (χ3n) is 3.69. The molecule has 0 saturated carbocycles. The van der Waals surface area contributed by atoms with Crippen LogP contribution in [-0.4, -0.2) is 45.2 Å². The van der Waals surface area contributed by atoms with E-state index in [1.165, 1.54) is 29.1 Å². The van der Waals surface area contributed by atoms with Gasteiger partial charge in [-0.15, -0.1) is 5.10 Å². The van der Waals surface area contributed by atoms with E-state index in [0.717, 1.165) is 0 Å². The molecule has 3 rings (SSSR count). The van der Waals surface area contributed by atoms with E-state index in [1.807, 2.05) is 0 Å². The second-order valence-corrected chi connectivity index (χ2v) is 5.43. The predicted octanol–water partition coefficient (Wildman–Crippen LogP) is 2.08. The van der Waals surface area contributed by atoms with Crippen LogP contribution in [0, 0.1) is 5.82 Å². The molecule has 0 fully saturated rings. The molecular weight excluding hydrogens is 325 g/mol. The Morgan fingerprint density at radius 1 is 1.28 bits per heavy atom. The van der Waals surface area contributed by atoms with Crippen LogP contribution in [0.15, 0.2) is 48.8 Å². The zero-order valence-electron chi connectivity index (χ0n) is 13.8. The van der Waals surface area contributed by atoms with E-state index in [9.17, 15) is 9.18 Å². The van der Waals surface area contributed by atoms with E-state index >= 15 is 0 Å². The number of rotatable bonds is 5. The molecule has 25 heavy (non-hydrogen) atoms. The summed E-state index contributed by atoms with van der Waals surface area (Å²) in [6.45, 7) is 0.273. The number of nitrogens with zero attached hydrogens (tertiary/aromatic N) is 5. The number of hydrogen-bond acceptors (Lipinski definition) is 5. The van der Waals surface area contributed by atoms with Gasteiger partial charge in [0.15, 0.2) is 11.6 Å². The maximum Gasteiger partial charge on any atom is 0.253 e. The van der Waals surface area contributed by atoms with Crippen molar-refractivity contribution in [2.75, 3.05) is 14.2 Å². The summed E-state index contributed by atoms with van der Waals surface area (Å²) >= 11 is 0. The van der Waals surface area contributed by atoms with Gasteiger partial charge in [0.2, 0.25) is 0 Å². The number of carbonyl (C=O) groups is 1. The zero-order valence-corrected chi connectivity index (χ0v) is 13.8. The topological polar surface area (TPSA) is 73.1 Å². The molecule has 0 unspecified atom stereocenters. The van der Waals surface area contributed by atoms with Gasteiger partial charge in [0.05, 0.1) is 12.8 Å².